The number of ether oxygens (including phenoxy) is 1. The van der Waals surface area contributed by atoms with E-state index in [1.807, 2.05) is 11.3 Å². The summed E-state index contributed by atoms with van der Waals surface area (Å²) < 4.78 is 5.77. The Balaban J connectivity index is 1.68. The average molecular weight is 282 g/mol. The summed E-state index contributed by atoms with van der Waals surface area (Å²) >= 11 is 1.82. The largest absolute Gasteiger partial charge is 0.377 e. The number of hydrogen-bond donors (Lipinski definition) is 1. The van der Waals surface area contributed by atoms with Crippen molar-refractivity contribution in [1.82, 2.24) is 10.2 Å². The van der Waals surface area contributed by atoms with Crippen molar-refractivity contribution in [3.05, 3.63) is 22.4 Å². The molecule has 1 N–H and O–H groups in total. The highest BCUT2D eigenvalue weighted by atomic mass is 32.1. The van der Waals surface area contributed by atoms with Gasteiger partial charge in [0.2, 0.25) is 0 Å². The van der Waals surface area contributed by atoms with E-state index in [2.05, 4.69) is 41.6 Å². The van der Waals surface area contributed by atoms with Crippen molar-refractivity contribution in [3.8, 4) is 0 Å². The van der Waals surface area contributed by atoms with Crippen molar-refractivity contribution in [2.24, 2.45) is 0 Å². The van der Waals surface area contributed by atoms with Crippen LogP contribution in [-0.4, -0.2) is 43.3 Å². The van der Waals surface area contributed by atoms with Crippen LogP contribution in [0.4, 0.5) is 0 Å². The molecule has 1 fully saturated rings. The average Bonchev–Trinajstić information content (AvgIpc) is 2.92. The van der Waals surface area contributed by atoms with Crippen LogP contribution in [0.1, 0.15) is 31.6 Å². The zero-order valence-corrected chi connectivity index (χ0v) is 12.9. The third kappa shape index (κ3) is 4.88. The summed E-state index contributed by atoms with van der Waals surface area (Å²) in [6, 6.07) is 4.89. The molecule has 0 spiro atoms. The van der Waals surface area contributed by atoms with E-state index in [0.29, 0.717) is 12.1 Å². The van der Waals surface area contributed by atoms with Crippen molar-refractivity contribution in [1.29, 1.82) is 0 Å². The molecule has 0 bridgehead atoms. The number of thiophene rings is 1. The highest BCUT2D eigenvalue weighted by molar-refractivity contribution is 7.09. The third-order valence-corrected chi connectivity index (χ3v) is 4.63. The molecule has 1 aromatic rings. The van der Waals surface area contributed by atoms with Crippen molar-refractivity contribution >= 4 is 11.3 Å². The van der Waals surface area contributed by atoms with E-state index in [1.165, 1.54) is 24.3 Å². The standard InChI is InChI=1S/C15H26N2OS/c1-3-18-14-6-4-8-17(12-14)13(2)10-16-11-15-7-5-9-19-15/h5,7,9,13-14,16H,3-4,6,8,10-12H2,1-2H3. The normalized spacial score (nSPS) is 22.5. The molecule has 1 aliphatic heterocycles. The maximum Gasteiger partial charge on any atom is 0.0702 e. The highest BCUT2D eigenvalue weighted by Crippen LogP contribution is 2.15. The molecule has 2 unspecified atom stereocenters. The van der Waals surface area contributed by atoms with Crippen molar-refractivity contribution in [3.63, 3.8) is 0 Å². The molecule has 4 heteroatoms. The predicted octanol–water partition coefficient (Wildman–Crippen LogP) is 2.73. The van der Waals surface area contributed by atoms with Gasteiger partial charge in [-0.05, 0) is 44.7 Å². The zero-order chi connectivity index (χ0) is 13.5. The van der Waals surface area contributed by atoms with E-state index in [0.717, 1.165) is 26.2 Å². The Morgan fingerprint density at radius 1 is 1.58 bits per heavy atom. The van der Waals surface area contributed by atoms with E-state index in [1.54, 1.807) is 0 Å². The van der Waals surface area contributed by atoms with Crippen LogP contribution in [0.3, 0.4) is 0 Å². The number of nitrogens with one attached hydrogen (secondary N) is 1. The van der Waals surface area contributed by atoms with Gasteiger partial charge in [0.15, 0.2) is 0 Å². The third-order valence-electron chi connectivity index (χ3n) is 3.75. The van der Waals surface area contributed by atoms with Gasteiger partial charge in [0, 0.05) is 37.2 Å². The van der Waals surface area contributed by atoms with Gasteiger partial charge in [-0.2, -0.15) is 0 Å². The summed E-state index contributed by atoms with van der Waals surface area (Å²) in [5, 5.41) is 5.70. The van der Waals surface area contributed by atoms with E-state index in [-0.39, 0.29) is 0 Å². The highest BCUT2D eigenvalue weighted by Gasteiger charge is 2.23. The molecule has 2 atom stereocenters. The van der Waals surface area contributed by atoms with Gasteiger partial charge in [-0.15, -0.1) is 11.3 Å². The Morgan fingerprint density at radius 3 is 3.21 bits per heavy atom. The summed E-state index contributed by atoms with van der Waals surface area (Å²) in [4.78, 5) is 3.98. The monoisotopic (exact) mass is 282 g/mol. The van der Waals surface area contributed by atoms with E-state index < -0.39 is 0 Å². The molecular weight excluding hydrogens is 256 g/mol. The maximum atomic E-state index is 5.77. The maximum absolute atomic E-state index is 5.77. The van der Waals surface area contributed by atoms with Crippen molar-refractivity contribution < 1.29 is 4.74 Å². The first-order chi connectivity index (χ1) is 9.29. The second kappa shape index (κ2) is 8.00. The molecule has 0 aromatic carbocycles. The van der Waals surface area contributed by atoms with Gasteiger partial charge < -0.3 is 10.1 Å². The molecule has 0 amide bonds. The molecule has 0 radical (unpaired) electrons. The fraction of sp³-hybridized carbons (Fsp3) is 0.733. The topological polar surface area (TPSA) is 24.5 Å². The van der Waals surface area contributed by atoms with Gasteiger partial charge >= 0.3 is 0 Å². The summed E-state index contributed by atoms with van der Waals surface area (Å²) in [7, 11) is 0. The molecule has 3 nitrogen and oxygen atoms in total. The van der Waals surface area contributed by atoms with Crippen molar-refractivity contribution in [2.45, 2.75) is 45.4 Å². The Bertz CT molecular complexity index is 340. The zero-order valence-electron chi connectivity index (χ0n) is 12.1. The SMILES string of the molecule is CCOC1CCCN(C(C)CNCc2cccs2)C1. The van der Waals surface area contributed by atoms with E-state index in [4.69, 9.17) is 4.74 Å². The number of likely N-dealkylation sites (tertiary alicyclic amines) is 1. The molecule has 1 aliphatic rings. The van der Waals surface area contributed by atoms with Crippen LogP contribution in [0.2, 0.25) is 0 Å². The number of hydrogen-bond acceptors (Lipinski definition) is 4. The Kier molecular flexibility index (Phi) is 6.31. The molecule has 108 valence electrons. The predicted molar refractivity (Wildman–Crippen MR) is 81.7 cm³/mol. The second-order valence-electron chi connectivity index (χ2n) is 5.27. The lowest BCUT2D eigenvalue weighted by Gasteiger charge is -2.36. The summed E-state index contributed by atoms with van der Waals surface area (Å²) in [5.74, 6) is 0. The lowest BCUT2D eigenvalue weighted by Crippen LogP contribution is -2.47. The first-order valence-electron chi connectivity index (χ1n) is 7.38. The number of rotatable bonds is 7. The van der Waals surface area contributed by atoms with Gasteiger partial charge in [-0.1, -0.05) is 6.07 Å². The van der Waals surface area contributed by atoms with Crippen LogP contribution >= 0.6 is 11.3 Å². The van der Waals surface area contributed by atoms with E-state index in [9.17, 15) is 0 Å². The quantitative estimate of drug-likeness (QED) is 0.832. The minimum Gasteiger partial charge on any atom is -0.377 e. The minimum absolute atomic E-state index is 0.443. The van der Waals surface area contributed by atoms with Crippen LogP contribution in [0.15, 0.2) is 17.5 Å². The Labute approximate surface area is 121 Å². The lowest BCUT2D eigenvalue weighted by atomic mass is 10.1. The first-order valence-corrected chi connectivity index (χ1v) is 8.26. The van der Waals surface area contributed by atoms with Gasteiger partial charge in [0.25, 0.3) is 0 Å². The van der Waals surface area contributed by atoms with Gasteiger partial charge in [-0.25, -0.2) is 0 Å². The number of piperidine rings is 1. The summed E-state index contributed by atoms with van der Waals surface area (Å²) in [5.41, 5.74) is 0. The molecule has 19 heavy (non-hydrogen) atoms. The van der Waals surface area contributed by atoms with Crippen LogP contribution < -0.4 is 5.32 Å². The molecule has 0 saturated carbocycles. The lowest BCUT2D eigenvalue weighted by molar-refractivity contribution is -0.00488. The molecule has 1 aromatic heterocycles. The smallest absolute Gasteiger partial charge is 0.0702 e. The van der Waals surface area contributed by atoms with Crippen LogP contribution in [0.25, 0.3) is 0 Å². The van der Waals surface area contributed by atoms with Gasteiger partial charge in [-0.3, -0.25) is 4.90 Å². The van der Waals surface area contributed by atoms with E-state index >= 15 is 0 Å². The molecular formula is C15H26N2OS. The van der Waals surface area contributed by atoms with Crippen LogP contribution in [0, 0.1) is 0 Å². The Hall–Kier alpha value is -0.420. The first kappa shape index (κ1) is 15.0. The van der Waals surface area contributed by atoms with Crippen LogP contribution in [-0.2, 0) is 11.3 Å². The molecule has 2 rings (SSSR count). The van der Waals surface area contributed by atoms with Gasteiger partial charge in [0.05, 0.1) is 6.10 Å². The minimum atomic E-state index is 0.443. The fourth-order valence-corrected chi connectivity index (χ4v) is 3.36. The fourth-order valence-electron chi connectivity index (χ4n) is 2.68. The molecule has 1 saturated heterocycles. The summed E-state index contributed by atoms with van der Waals surface area (Å²) in [6.07, 6.45) is 2.93. The van der Waals surface area contributed by atoms with Gasteiger partial charge in [0.1, 0.15) is 0 Å². The molecule has 0 aliphatic carbocycles. The van der Waals surface area contributed by atoms with Crippen LogP contribution in [0.5, 0.6) is 0 Å². The Morgan fingerprint density at radius 2 is 2.47 bits per heavy atom. The molecule has 2 heterocycles. The van der Waals surface area contributed by atoms with Crippen molar-refractivity contribution in [2.75, 3.05) is 26.2 Å². The summed E-state index contributed by atoms with van der Waals surface area (Å²) in [6.45, 7) is 9.59. The number of nitrogens with zero attached hydrogens (tertiary/aromatic N) is 1. The second-order valence-corrected chi connectivity index (χ2v) is 6.31.